The average molecular weight is 440 g/mol. The number of likely N-dealkylation sites (tertiary alicyclic amines) is 1. The molecule has 0 aromatic heterocycles. The lowest BCUT2D eigenvalue weighted by molar-refractivity contribution is -0.152. The van der Waals surface area contributed by atoms with Gasteiger partial charge < -0.3 is 23.8 Å². The summed E-state index contributed by atoms with van der Waals surface area (Å²) in [5.74, 6) is 1.47. The van der Waals surface area contributed by atoms with Gasteiger partial charge in [-0.15, -0.1) is 0 Å². The molecule has 1 heterocycles. The van der Waals surface area contributed by atoms with Crippen molar-refractivity contribution in [3.63, 3.8) is 0 Å². The second-order valence-corrected chi connectivity index (χ2v) is 7.40. The molecule has 0 bridgehead atoms. The van der Waals surface area contributed by atoms with Crippen LogP contribution in [0.3, 0.4) is 0 Å². The van der Waals surface area contributed by atoms with Crippen molar-refractivity contribution in [1.29, 1.82) is 0 Å². The maximum Gasteiger partial charge on any atom is 0.328 e. The summed E-state index contributed by atoms with van der Waals surface area (Å²) in [6.07, 6.45) is 5.16. The maximum atomic E-state index is 12.7. The van der Waals surface area contributed by atoms with Gasteiger partial charge >= 0.3 is 5.97 Å². The van der Waals surface area contributed by atoms with Crippen LogP contribution in [-0.4, -0.2) is 57.3 Å². The predicted molar refractivity (Wildman–Crippen MR) is 121 cm³/mol. The van der Waals surface area contributed by atoms with Gasteiger partial charge in [0.25, 0.3) is 0 Å². The Morgan fingerprint density at radius 2 is 1.75 bits per heavy atom. The van der Waals surface area contributed by atoms with E-state index in [0.29, 0.717) is 30.9 Å². The van der Waals surface area contributed by atoms with Gasteiger partial charge in [0.2, 0.25) is 5.91 Å². The van der Waals surface area contributed by atoms with E-state index in [1.54, 1.807) is 32.3 Å². The lowest BCUT2D eigenvalue weighted by Gasteiger charge is -2.22. The largest absolute Gasteiger partial charge is 0.497 e. The third-order valence-corrected chi connectivity index (χ3v) is 5.43. The van der Waals surface area contributed by atoms with Gasteiger partial charge in [-0.1, -0.05) is 18.2 Å². The van der Waals surface area contributed by atoms with Crippen molar-refractivity contribution in [1.82, 2.24) is 4.90 Å². The molecule has 1 amide bonds. The van der Waals surface area contributed by atoms with Gasteiger partial charge in [0.15, 0.2) is 11.5 Å². The first kappa shape index (κ1) is 23.2. The molecule has 0 aliphatic carbocycles. The lowest BCUT2D eigenvalue weighted by atomic mass is 10.1. The summed E-state index contributed by atoms with van der Waals surface area (Å²) < 4.78 is 21.2. The Hall–Kier alpha value is -3.48. The fourth-order valence-corrected chi connectivity index (χ4v) is 3.66. The van der Waals surface area contributed by atoms with Crippen LogP contribution in [0.1, 0.15) is 24.0 Å². The van der Waals surface area contributed by atoms with Gasteiger partial charge in [-0.2, -0.15) is 0 Å². The summed E-state index contributed by atoms with van der Waals surface area (Å²) >= 11 is 0. The quantitative estimate of drug-likeness (QED) is 0.440. The number of hydrogen-bond acceptors (Lipinski definition) is 6. The molecule has 170 valence electrons. The van der Waals surface area contributed by atoms with E-state index in [9.17, 15) is 9.59 Å². The highest BCUT2D eigenvalue weighted by atomic mass is 16.5. The van der Waals surface area contributed by atoms with Gasteiger partial charge in [0.1, 0.15) is 11.8 Å². The fourth-order valence-electron chi connectivity index (χ4n) is 3.66. The molecule has 1 atom stereocenters. The highest BCUT2D eigenvalue weighted by Gasteiger charge is 2.34. The smallest absolute Gasteiger partial charge is 0.328 e. The minimum atomic E-state index is -0.548. The zero-order valence-electron chi connectivity index (χ0n) is 18.7. The van der Waals surface area contributed by atoms with Crippen molar-refractivity contribution in [3.8, 4) is 17.2 Å². The van der Waals surface area contributed by atoms with Gasteiger partial charge in [-0.25, -0.2) is 4.79 Å². The van der Waals surface area contributed by atoms with E-state index in [1.807, 2.05) is 42.5 Å². The van der Waals surface area contributed by atoms with Crippen LogP contribution < -0.4 is 14.2 Å². The van der Waals surface area contributed by atoms with E-state index >= 15 is 0 Å². The number of hydrogen-bond donors (Lipinski definition) is 0. The van der Waals surface area contributed by atoms with Gasteiger partial charge in [0.05, 0.1) is 27.9 Å². The summed E-state index contributed by atoms with van der Waals surface area (Å²) in [5, 5.41) is 0. The summed E-state index contributed by atoms with van der Waals surface area (Å²) in [5.41, 5.74) is 1.85. The Bertz CT molecular complexity index is 953. The molecule has 0 N–H and O–H groups in total. The molecular formula is C25H29NO6. The number of nitrogens with zero attached hydrogens (tertiary/aromatic N) is 1. The molecule has 0 unspecified atom stereocenters. The highest BCUT2D eigenvalue weighted by molar-refractivity contribution is 5.95. The first-order valence-corrected chi connectivity index (χ1v) is 10.6. The number of carbonyl (C=O) groups is 2. The molecule has 0 spiro atoms. The number of benzene rings is 2. The molecule has 1 aliphatic rings. The van der Waals surface area contributed by atoms with Crippen LogP contribution in [0.15, 0.2) is 48.5 Å². The summed E-state index contributed by atoms with van der Waals surface area (Å²) in [6.45, 7) is 0.774. The maximum absolute atomic E-state index is 12.7. The molecule has 7 heteroatoms. The third-order valence-electron chi connectivity index (χ3n) is 5.43. The molecular weight excluding hydrogens is 410 g/mol. The van der Waals surface area contributed by atoms with E-state index in [2.05, 4.69) is 0 Å². The Kier molecular flexibility index (Phi) is 8.14. The molecule has 0 saturated carbocycles. The van der Waals surface area contributed by atoms with Crippen molar-refractivity contribution in [2.24, 2.45) is 0 Å². The summed E-state index contributed by atoms with van der Waals surface area (Å²) in [7, 11) is 4.77. The van der Waals surface area contributed by atoms with Crippen LogP contribution in [0.25, 0.3) is 6.08 Å². The van der Waals surface area contributed by atoms with Gasteiger partial charge in [-0.05, 0) is 54.3 Å². The zero-order valence-corrected chi connectivity index (χ0v) is 18.7. The number of esters is 1. The van der Waals surface area contributed by atoms with Crippen LogP contribution in [0.5, 0.6) is 17.2 Å². The number of rotatable bonds is 9. The molecule has 2 aromatic carbocycles. The average Bonchev–Trinajstić information content (AvgIpc) is 3.33. The number of amides is 1. The SMILES string of the molecule is COc1ccc(/C=C/C(=O)N2CCC[C@H]2C(=O)OCCc2ccc(OC)c(OC)c2)cc1. The van der Waals surface area contributed by atoms with E-state index in [4.69, 9.17) is 18.9 Å². The topological polar surface area (TPSA) is 74.3 Å². The Labute approximate surface area is 188 Å². The Morgan fingerprint density at radius 1 is 1.00 bits per heavy atom. The normalized spacial score (nSPS) is 15.6. The second-order valence-electron chi connectivity index (χ2n) is 7.40. The standard InChI is InChI=1S/C25H29NO6/c1-29-20-10-6-18(7-11-20)9-13-24(27)26-15-4-5-21(26)25(28)32-16-14-19-8-12-22(30-2)23(17-19)31-3/h6-13,17,21H,4-5,14-16H2,1-3H3/b13-9+/t21-/m0/s1. The van der Waals surface area contributed by atoms with Crippen molar-refractivity contribution >= 4 is 18.0 Å². The fraction of sp³-hybridized carbons (Fsp3) is 0.360. The number of carbonyl (C=O) groups excluding carboxylic acids is 2. The first-order valence-electron chi connectivity index (χ1n) is 10.6. The van der Waals surface area contributed by atoms with Crippen molar-refractivity contribution in [3.05, 3.63) is 59.7 Å². The molecule has 1 fully saturated rings. The van der Waals surface area contributed by atoms with Crippen LogP contribution in [0, 0.1) is 0 Å². The van der Waals surface area contributed by atoms with Gasteiger partial charge in [-0.3, -0.25) is 4.79 Å². The third kappa shape index (κ3) is 5.81. The van der Waals surface area contributed by atoms with Crippen molar-refractivity contribution < 1.29 is 28.5 Å². The minimum absolute atomic E-state index is 0.194. The Balaban J connectivity index is 1.53. The first-order chi connectivity index (χ1) is 15.5. The monoisotopic (exact) mass is 439 g/mol. The molecule has 0 radical (unpaired) electrons. The Morgan fingerprint density at radius 3 is 2.44 bits per heavy atom. The van der Waals surface area contributed by atoms with E-state index in [-0.39, 0.29) is 18.5 Å². The van der Waals surface area contributed by atoms with E-state index in [0.717, 1.165) is 23.3 Å². The second kappa shape index (κ2) is 11.2. The van der Waals surface area contributed by atoms with Crippen LogP contribution in [0.4, 0.5) is 0 Å². The molecule has 1 saturated heterocycles. The molecule has 32 heavy (non-hydrogen) atoms. The highest BCUT2D eigenvalue weighted by Crippen LogP contribution is 2.28. The minimum Gasteiger partial charge on any atom is -0.497 e. The van der Waals surface area contributed by atoms with Crippen LogP contribution in [-0.2, 0) is 20.7 Å². The predicted octanol–water partition coefficient (Wildman–Crippen LogP) is 3.50. The van der Waals surface area contributed by atoms with Gasteiger partial charge in [0, 0.05) is 19.0 Å². The molecule has 3 rings (SSSR count). The summed E-state index contributed by atoms with van der Waals surface area (Å²) in [4.78, 5) is 26.9. The number of ether oxygens (including phenoxy) is 4. The van der Waals surface area contributed by atoms with Crippen LogP contribution in [0.2, 0.25) is 0 Å². The zero-order chi connectivity index (χ0) is 22.9. The lowest BCUT2D eigenvalue weighted by Crippen LogP contribution is -2.40. The summed E-state index contributed by atoms with van der Waals surface area (Å²) in [6, 6.07) is 12.4. The molecule has 2 aromatic rings. The van der Waals surface area contributed by atoms with E-state index < -0.39 is 6.04 Å². The van der Waals surface area contributed by atoms with Crippen LogP contribution >= 0.6 is 0 Å². The van der Waals surface area contributed by atoms with Crippen molar-refractivity contribution in [2.45, 2.75) is 25.3 Å². The molecule has 1 aliphatic heterocycles. The van der Waals surface area contributed by atoms with Crippen molar-refractivity contribution in [2.75, 3.05) is 34.5 Å². The van der Waals surface area contributed by atoms with E-state index in [1.165, 1.54) is 6.08 Å². The number of methoxy groups -OCH3 is 3. The molecule has 7 nitrogen and oxygen atoms in total.